The number of aliphatic hydroxyl groups is 1. The third kappa shape index (κ3) is 3.60. The van der Waals surface area contributed by atoms with E-state index >= 15 is 0 Å². The first-order chi connectivity index (χ1) is 16.9. The minimum atomic E-state index is -1.98. The summed E-state index contributed by atoms with van der Waals surface area (Å²) in [6.45, 7) is 0.101. The van der Waals surface area contributed by atoms with Crippen LogP contribution in [0.25, 0.3) is 16.6 Å². The normalized spacial score (nSPS) is 18.9. The van der Waals surface area contributed by atoms with Crippen LogP contribution in [0.2, 0.25) is 0 Å². The van der Waals surface area contributed by atoms with Gasteiger partial charge in [-0.15, -0.1) is 0 Å². The number of rotatable bonds is 5. The molecule has 0 bridgehead atoms. The second kappa shape index (κ2) is 8.07. The summed E-state index contributed by atoms with van der Waals surface area (Å²) in [4.78, 5) is 15.3. The molecule has 176 valence electrons. The lowest BCUT2D eigenvalue weighted by Crippen LogP contribution is -2.29. The smallest absolute Gasteiger partial charge is 0.342 e. The van der Waals surface area contributed by atoms with Gasteiger partial charge in [-0.1, -0.05) is 18.2 Å². The van der Waals surface area contributed by atoms with Gasteiger partial charge in [0.15, 0.2) is 11.5 Å². The number of nitrogens with zero attached hydrogens (tertiary/aromatic N) is 3. The van der Waals surface area contributed by atoms with Crippen molar-refractivity contribution in [3.05, 3.63) is 82.9 Å². The number of carbonyl (C=O) groups is 1. The van der Waals surface area contributed by atoms with Gasteiger partial charge in [0.25, 0.3) is 5.79 Å². The largest absolute Gasteiger partial charge is 0.454 e. The molecule has 0 aliphatic carbocycles. The molecule has 0 radical (unpaired) electrons. The number of fused-ring (bicyclic) bond motifs is 2. The number of carbonyl (C=O) groups excluding carboxylic acids is 1. The minimum absolute atomic E-state index is 0.101. The molecule has 0 fully saturated rings. The van der Waals surface area contributed by atoms with Gasteiger partial charge in [0, 0.05) is 37.3 Å². The maximum atomic E-state index is 13.3. The summed E-state index contributed by atoms with van der Waals surface area (Å²) in [6, 6.07) is 18.4. The van der Waals surface area contributed by atoms with E-state index in [1.807, 2.05) is 55.4 Å². The summed E-state index contributed by atoms with van der Waals surface area (Å²) in [5.41, 5.74) is 5.13. The van der Waals surface area contributed by atoms with Gasteiger partial charge in [-0.3, -0.25) is 0 Å². The van der Waals surface area contributed by atoms with Crippen LogP contribution in [-0.2, 0) is 21.7 Å². The van der Waals surface area contributed by atoms with Crippen LogP contribution in [0.5, 0.6) is 11.5 Å². The summed E-state index contributed by atoms with van der Waals surface area (Å²) >= 11 is 1.11. The number of hydrogen-bond donors (Lipinski definition) is 1. The average molecular weight is 488 g/mol. The molecular weight excluding hydrogens is 466 g/mol. The molecule has 0 saturated heterocycles. The van der Waals surface area contributed by atoms with Gasteiger partial charge in [-0.25, -0.2) is 4.79 Å². The van der Waals surface area contributed by atoms with Crippen LogP contribution in [0, 0.1) is 0 Å². The van der Waals surface area contributed by atoms with Gasteiger partial charge in [-0.2, -0.15) is 8.75 Å². The Balaban J connectivity index is 1.53. The molecule has 1 N–H and O–H groups in total. The Labute approximate surface area is 205 Å². The molecule has 8 nitrogen and oxygen atoms in total. The van der Waals surface area contributed by atoms with Crippen molar-refractivity contribution in [3.63, 3.8) is 0 Å². The number of aromatic nitrogens is 2. The fourth-order valence-electron chi connectivity index (χ4n) is 4.47. The second-order valence-electron chi connectivity index (χ2n) is 8.66. The van der Waals surface area contributed by atoms with Crippen molar-refractivity contribution in [3.8, 4) is 11.5 Å². The Morgan fingerprint density at radius 2 is 1.83 bits per heavy atom. The van der Waals surface area contributed by atoms with Crippen molar-refractivity contribution in [2.75, 3.05) is 25.8 Å². The van der Waals surface area contributed by atoms with E-state index in [4.69, 9.17) is 14.2 Å². The number of hydrogen-bond acceptors (Lipinski definition) is 9. The molecule has 2 aliphatic heterocycles. The zero-order chi connectivity index (χ0) is 24.2. The molecule has 1 unspecified atom stereocenters. The maximum absolute atomic E-state index is 13.3. The monoisotopic (exact) mass is 487 g/mol. The molecule has 6 rings (SSSR count). The fourth-order valence-corrected chi connectivity index (χ4v) is 4.98. The molecule has 1 aromatic heterocycles. The van der Waals surface area contributed by atoms with E-state index in [1.54, 1.807) is 24.3 Å². The van der Waals surface area contributed by atoms with Gasteiger partial charge in [0.05, 0.1) is 17.3 Å². The highest BCUT2D eigenvalue weighted by atomic mass is 32.1. The Bertz CT molecular complexity index is 1510. The number of anilines is 1. The van der Waals surface area contributed by atoms with E-state index in [-0.39, 0.29) is 6.79 Å². The SMILES string of the molecule is CN(C)c1cccc(CC2=C(c3ccc4nsnc4c3)C(=O)OC2(O)c2ccc3c(c2)OCO3)c1. The van der Waals surface area contributed by atoms with E-state index in [9.17, 15) is 9.90 Å². The number of esters is 1. The van der Waals surface area contributed by atoms with Crippen LogP contribution in [-0.4, -0.2) is 40.7 Å². The van der Waals surface area contributed by atoms with Crippen LogP contribution >= 0.6 is 11.7 Å². The van der Waals surface area contributed by atoms with Gasteiger partial charge in [0.2, 0.25) is 6.79 Å². The Morgan fingerprint density at radius 3 is 2.69 bits per heavy atom. The quantitative estimate of drug-likeness (QED) is 0.424. The molecular formula is C26H21N3O5S. The highest BCUT2D eigenvalue weighted by Gasteiger charge is 2.48. The molecule has 0 spiro atoms. The Kier molecular flexibility index (Phi) is 4.98. The molecule has 1 atom stereocenters. The highest BCUT2D eigenvalue weighted by molar-refractivity contribution is 7.00. The van der Waals surface area contributed by atoms with Crippen molar-refractivity contribution >= 4 is 40.0 Å². The molecule has 3 heterocycles. The number of ether oxygens (including phenoxy) is 3. The van der Waals surface area contributed by atoms with E-state index in [0.717, 1.165) is 28.5 Å². The average Bonchev–Trinajstić information content (AvgIpc) is 3.57. The lowest BCUT2D eigenvalue weighted by atomic mass is 9.87. The van der Waals surface area contributed by atoms with Gasteiger partial charge < -0.3 is 24.2 Å². The Hall–Kier alpha value is -3.95. The van der Waals surface area contributed by atoms with Crippen molar-refractivity contribution in [2.45, 2.75) is 12.2 Å². The fraction of sp³-hybridized carbons (Fsp3) is 0.192. The molecule has 9 heteroatoms. The van der Waals surface area contributed by atoms with E-state index in [2.05, 4.69) is 8.75 Å². The van der Waals surface area contributed by atoms with Crippen molar-refractivity contribution in [1.82, 2.24) is 8.75 Å². The third-order valence-corrected chi connectivity index (χ3v) is 6.83. The highest BCUT2D eigenvalue weighted by Crippen LogP contribution is 2.47. The summed E-state index contributed by atoms with van der Waals surface area (Å²) < 4.78 is 25.2. The summed E-state index contributed by atoms with van der Waals surface area (Å²) in [6.07, 6.45) is 0.293. The first kappa shape index (κ1) is 21.6. The Morgan fingerprint density at radius 1 is 1.00 bits per heavy atom. The predicted molar refractivity (Wildman–Crippen MR) is 131 cm³/mol. The van der Waals surface area contributed by atoms with Crippen molar-refractivity contribution in [1.29, 1.82) is 0 Å². The lowest BCUT2D eigenvalue weighted by Gasteiger charge is -2.26. The van der Waals surface area contributed by atoms with Crippen LogP contribution in [0.15, 0.2) is 66.2 Å². The molecule has 4 aromatic rings. The lowest BCUT2D eigenvalue weighted by molar-refractivity contribution is -0.185. The van der Waals surface area contributed by atoms with Gasteiger partial charge in [-0.05, 0) is 53.6 Å². The van der Waals surface area contributed by atoms with Crippen LogP contribution in [0.1, 0.15) is 16.7 Å². The first-order valence-electron chi connectivity index (χ1n) is 11.0. The minimum Gasteiger partial charge on any atom is -0.454 e. The van der Waals surface area contributed by atoms with E-state index in [0.29, 0.717) is 45.7 Å². The topological polar surface area (TPSA) is 94.0 Å². The molecule has 35 heavy (non-hydrogen) atoms. The van der Waals surface area contributed by atoms with Crippen LogP contribution in [0.4, 0.5) is 5.69 Å². The van der Waals surface area contributed by atoms with Crippen LogP contribution in [0.3, 0.4) is 0 Å². The predicted octanol–water partition coefficient (Wildman–Crippen LogP) is 3.88. The molecule has 2 aliphatic rings. The first-order valence-corrected chi connectivity index (χ1v) is 11.7. The zero-order valence-corrected chi connectivity index (χ0v) is 19.8. The second-order valence-corrected chi connectivity index (χ2v) is 9.19. The summed E-state index contributed by atoms with van der Waals surface area (Å²) in [7, 11) is 3.93. The van der Waals surface area contributed by atoms with Gasteiger partial charge >= 0.3 is 5.97 Å². The van der Waals surface area contributed by atoms with Crippen molar-refractivity contribution in [2.24, 2.45) is 0 Å². The summed E-state index contributed by atoms with van der Waals surface area (Å²) in [5.74, 6) is -1.51. The number of benzene rings is 3. The number of cyclic esters (lactones) is 1. The van der Waals surface area contributed by atoms with E-state index < -0.39 is 11.8 Å². The summed E-state index contributed by atoms with van der Waals surface area (Å²) in [5, 5.41) is 11.9. The molecule has 0 amide bonds. The van der Waals surface area contributed by atoms with E-state index in [1.165, 1.54) is 0 Å². The van der Waals surface area contributed by atoms with Crippen molar-refractivity contribution < 1.29 is 24.1 Å². The van der Waals surface area contributed by atoms with Gasteiger partial charge in [0.1, 0.15) is 11.0 Å². The molecule has 0 saturated carbocycles. The third-order valence-electron chi connectivity index (χ3n) is 6.27. The standard InChI is InChI=1S/C26H21N3O5S/c1-29(2)18-5-3-4-15(10-18)11-19-24(16-6-8-20-21(12-16)28-35-27-20)25(30)34-26(19,31)17-7-9-22-23(13-17)33-14-32-22/h3-10,12-13,31H,11,14H2,1-2H3. The molecule has 3 aromatic carbocycles. The maximum Gasteiger partial charge on any atom is 0.342 e. The van der Waals surface area contributed by atoms with Crippen LogP contribution < -0.4 is 14.4 Å². The zero-order valence-electron chi connectivity index (χ0n) is 19.0.